The van der Waals surface area contributed by atoms with Gasteiger partial charge in [0.2, 0.25) is 5.95 Å². The highest BCUT2D eigenvalue weighted by atomic mass is 15.3. The van der Waals surface area contributed by atoms with Crippen molar-refractivity contribution in [1.29, 1.82) is 0 Å². The average molecular weight is 284 g/mol. The van der Waals surface area contributed by atoms with Crippen LogP contribution in [0.2, 0.25) is 0 Å². The second-order valence-corrected chi connectivity index (χ2v) is 5.99. The van der Waals surface area contributed by atoms with Crippen molar-refractivity contribution in [2.24, 2.45) is 7.05 Å². The summed E-state index contributed by atoms with van der Waals surface area (Å²) >= 11 is 0. The van der Waals surface area contributed by atoms with Crippen LogP contribution in [0.15, 0.2) is 24.5 Å². The fourth-order valence-electron chi connectivity index (χ4n) is 3.67. The summed E-state index contributed by atoms with van der Waals surface area (Å²) in [6.45, 7) is 3.20. The molecule has 0 radical (unpaired) electrons. The highest BCUT2D eigenvalue weighted by Crippen LogP contribution is 2.37. The second-order valence-electron chi connectivity index (χ2n) is 5.99. The van der Waals surface area contributed by atoms with Gasteiger partial charge in [-0.15, -0.1) is 0 Å². The van der Waals surface area contributed by atoms with E-state index >= 15 is 0 Å². The molecule has 2 fully saturated rings. The standard InChI is InChI=1S/C15H20N6/c1-20-13(4-8-18-20)12-3-7-17-14(19-12)21-10-2-5-15(21)6-9-16-11-15/h3-4,7-8,16H,2,5-6,9-11H2,1H3. The number of rotatable bonds is 2. The highest BCUT2D eigenvalue weighted by Gasteiger charge is 2.44. The van der Waals surface area contributed by atoms with Crippen molar-refractivity contribution in [3.8, 4) is 11.4 Å². The maximum atomic E-state index is 4.80. The van der Waals surface area contributed by atoms with E-state index in [0.29, 0.717) is 0 Å². The van der Waals surface area contributed by atoms with Crippen molar-refractivity contribution in [2.45, 2.75) is 24.8 Å². The molecule has 21 heavy (non-hydrogen) atoms. The van der Waals surface area contributed by atoms with Gasteiger partial charge in [0, 0.05) is 32.5 Å². The van der Waals surface area contributed by atoms with Crippen LogP contribution < -0.4 is 10.2 Å². The topological polar surface area (TPSA) is 58.9 Å². The quantitative estimate of drug-likeness (QED) is 0.898. The Hall–Kier alpha value is -1.95. The van der Waals surface area contributed by atoms with E-state index in [1.165, 1.54) is 19.3 Å². The molecule has 4 rings (SSSR count). The molecule has 4 heterocycles. The molecule has 0 aromatic carbocycles. The summed E-state index contributed by atoms with van der Waals surface area (Å²) in [6, 6.07) is 3.94. The molecule has 2 saturated heterocycles. The number of nitrogens with zero attached hydrogens (tertiary/aromatic N) is 5. The molecule has 0 amide bonds. The van der Waals surface area contributed by atoms with Crippen LogP contribution in [0.1, 0.15) is 19.3 Å². The Balaban J connectivity index is 1.71. The van der Waals surface area contributed by atoms with Crippen molar-refractivity contribution in [3.63, 3.8) is 0 Å². The largest absolute Gasteiger partial charge is 0.334 e. The van der Waals surface area contributed by atoms with Crippen LogP contribution in [0.25, 0.3) is 11.4 Å². The van der Waals surface area contributed by atoms with Gasteiger partial charge < -0.3 is 10.2 Å². The van der Waals surface area contributed by atoms with Crippen LogP contribution in [0.3, 0.4) is 0 Å². The molecule has 6 nitrogen and oxygen atoms in total. The lowest BCUT2D eigenvalue weighted by Gasteiger charge is -2.34. The summed E-state index contributed by atoms with van der Waals surface area (Å²) in [5.41, 5.74) is 2.19. The molecular weight excluding hydrogens is 264 g/mol. The first-order chi connectivity index (χ1) is 10.3. The average Bonchev–Trinajstić information content (AvgIpc) is 3.22. The van der Waals surface area contributed by atoms with Gasteiger partial charge in [-0.2, -0.15) is 5.10 Å². The Bertz CT molecular complexity index is 638. The highest BCUT2D eigenvalue weighted by molar-refractivity contribution is 5.56. The summed E-state index contributed by atoms with van der Waals surface area (Å²) in [7, 11) is 1.94. The number of hydrogen-bond acceptors (Lipinski definition) is 5. The van der Waals surface area contributed by atoms with E-state index in [4.69, 9.17) is 4.98 Å². The van der Waals surface area contributed by atoms with E-state index in [-0.39, 0.29) is 5.54 Å². The Labute approximate surface area is 124 Å². The maximum absolute atomic E-state index is 4.80. The van der Waals surface area contributed by atoms with Crippen molar-refractivity contribution < 1.29 is 0 Å². The number of nitrogens with one attached hydrogen (secondary N) is 1. The smallest absolute Gasteiger partial charge is 0.226 e. The number of anilines is 1. The van der Waals surface area contributed by atoms with Crippen molar-refractivity contribution in [3.05, 3.63) is 24.5 Å². The lowest BCUT2D eigenvalue weighted by molar-refractivity contribution is 0.460. The molecule has 1 spiro atoms. The van der Waals surface area contributed by atoms with Crippen LogP contribution in [-0.4, -0.2) is 44.9 Å². The number of hydrogen-bond donors (Lipinski definition) is 1. The molecule has 2 aromatic heterocycles. The summed E-state index contributed by atoms with van der Waals surface area (Å²) in [6.07, 6.45) is 7.31. The van der Waals surface area contributed by atoms with Crippen LogP contribution in [0.5, 0.6) is 0 Å². The van der Waals surface area contributed by atoms with Crippen LogP contribution in [0.4, 0.5) is 5.95 Å². The number of aryl methyl sites for hydroxylation is 1. The van der Waals surface area contributed by atoms with Gasteiger partial charge in [-0.1, -0.05) is 0 Å². The molecule has 1 unspecified atom stereocenters. The van der Waals surface area contributed by atoms with E-state index in [2.05, 4.69) is 20.3 Å². The van der Waals surface area contributed by atoms with Gasteiger partial charge in [0.25, 0.3) is 0 Å². The SMILES string of the molecule is Cn1nccc1-c1ccnc(N2CCCC23CCNC3)n1. The Kier molecular flexibility index (Phi) is 2.92. The zero-order valence-electron chi connectivity index (χ0n) is 12.3. The first kappa shape index (κ1) is 12.8. The fourth-order valence-corrected chi connectivity index (χ4v) is 3.67. The van der Waals surface area contributed by atoms with Gasteiger partial charge in [0.15, 0.2) is 0 Å². The van der Waals surface area contributed by atoms with Crippen LogP contribution in [0, 0.1) is 0 Å². The normalized spacial score (nSPS) is 25.1. The fraction of sp³-hybridized carbons (Fsp3) is 0.533. The zero-order chi connectivity index (χ0) is 14.3. The molecule has 1 N–H and O–H groups in total. The Morgan fingerprint density at radius 2 is 2.19 bits per heavy atom. The minimum absolute atomic E-state index is 0.227. The van der Waals surface area contributed by atoms with Crippen molar-refractivity contribution >= 4 is 5.95 Å². The van der Waals surface area contributed by atoms with Gasteiger partial charge in [0.1, 0.15) is 0 Å². The first-order valence-electron chi connectivity index (χ1n) is 7.58. The molecule has 0 bridgehead atoms. The molecule has 2 aliphatic heterocycles. The van der Waals surface area contributed by atoms with Crippen molar-refractivity contribution in [1.82, 2.24) is 25.1 Å². The summed E-state index contributed by atoms with van der Waals surface area (Å²) in [5, 5.41) is 7.72. The van der Waals surface area contributed by atoms with Gasteiger partial charge in [-0.3, -0.25) is 4.68 Å². The predicted octanol–water partition coefficient (Wildman–Crippen LogP) is 1.21. The van der Waals surface area contributed by atoms with Gasteiger partial charge in [-0.05, 0) is 37.9 Å². The monoisotopic (exact) mass is 284 g/mol. The lowest BCUT2D eigenvalue weighted by atomic mass is 9.95. The third-order valence-corrected chi connectivity index (χ3v) is 4.79. The maximum Gasteiger partial charge on any atom is 0.226 e. The second kappa shape index (κ2) is 4.80. The minimum atomic E-state index is 0.227. The lowest BCUT2D eigenvalue weighted by Crippen LogP contribution is -2.46. The van der Waals surface area contributed by atoms with Crippen molar-refractivity contribution in [2.75, 3.05) is 24.5 Å². The molecule has 0 saturated carbocycles. The van der Waals surface area contributed by atoms with Crippen LogP contribution >= 0.6 is 0 Å². The van der Waals surface area contributed by atoms with Gasteiger partial charge >= 0.3 is 0 Å². The summed E-state index contributed by atoms with van der Waals surface area (Å²) < 4.78 is 1.85. The Morgan fingerprint density at radius 1 is 1.24 bits per heavy atom. The Morgan fingerprint density at radius 3 is 2.95 bits per heavy atom. The third kappa shape index (κ3) is 2.01. The summed E-state index contributed by atoms with van der Waals surface area (Å²) in [5.74, 6) is 0.856. The molecule has 6 heteroatoms. The first-order valence-corrected chi connectivity index (χ1v) is 7.58. The minimum Gasteiger partial charge on any atom is -0.334 e. The van der Waals surface area contributed by atoms with E-state index in [0.717, 1.165) is 37.0 Å². The molecule has 2 aliphatic rings. The predicted molar refractivity (Wildman–Crippen MR) is 81.0 cm³/mol. The zero-order valence-corrected chi connectivity index (χ0v) is 12.3. The van der Waals surface area contributed by atoms with E-state index in [9.17, 15) is 0 Å². The van der Waals surface area contributed by atoms with Crippen LogP contribution in [-0.2, 0) is 7.05 Å². The van der Waals surface area contributed by atoms with Gasteiger partial charge in [-0.25, -0.2) is 9.97 Å². The molecule has 1 atom stereocenters. The molecule has 2 aromatic rings. The molecule has 110 valence electrons. The van der Waals surface area contributed by atoms with E-state index in [1.54, 1.807) is 6.20 Å². The molecule has 0 aliphatic carbocycles. The van der Waals surface area contributed by atoms with E-state index in [1.807, 2.05) is 30.1 Å². The third-order valence-electron chi connectivity index (χ3n) is 4.79. The summed E-state index contributed by atoms with van der Waals surface area (Å²) in [4.78, 5) is 11.8. The van der Waals surface area contributed by atoms with Gasteiger partial charge in [0.05, 0.1) is 16.9 Å². The molecular formula is C15H20N6. The van der Waals surface area contributed by atoms with E-state index < -0.39 is 0 Å². The number of aromatic nitrogens is 4.